The smallest absolute Gasteiger partial charge is 0.400 e. The molecule has 0 aromatic carbocycles. The summed E-state index contributed by atoms with van der Waals surface area (Å²) in [6.45, 7) is 10.2. The van der Waals surface area contributed by atoms with Gasteiger partial charge in [-0.2, -0.15) is 0 Å². The molecule has 0 radical (unpaired) electrons. The summed E-state index contributed by atoms with van der Waals surface area (Å²) >= 11 is 0. The second kappa shape index (κ2) is 4.56. The van der Waals surface area contributed by atoms with Crippen LogP contribution < -0.4 is 0 Å². The highest BCUT2D eigenvalue weighted by molar-refractivity contribution is 6.54. The molecule has 1 fully saturated rings. The SMILES string of the molecule is CC(C)C1(C)OB(C2=CCC(F)(F)CC2)OC1(C)C. The van der Waals surface area contributed by atoms with E-state index in [0.717, 1.165) is 5.47 Å². The van der Waals surface area contributed by atoms with Crippen LogP contribution in [0.5, 0.6) is 0 Å². The third kappa shape index (κ3) is 2.59. The molecule has 1 heterocycles. The number of alkyl halides is 2. The predicted octanol–water partition coefficient (Wildman–Crippen LogP) is 4.00. The van der Waals surface area contributed by atoms with Gasteiger partial charge in [-0.05, 0) is 38.6 Å². The first kappa shape index (κ1) is 15.0. The van der Waals surface area contributed by atoms with Crippen LogP contribution in [0.2, 0.25) is 0 Å². The largest absolute Gasteiger partial charge is 0.490 e. The van der Waals surface area contributed by atoms with Gasteiger partial charge in [0.1, 0.15) is 0 Å². The highest BCUT2D eigenvalue weighted by Crippen LogP contribution is 2.45. The average Bonchev–Trinajstić information content (AvgIpc) is 2.51. The Hall–Kier alpha value is -0.415. The Labute approximate surface area is 114 Å². The van der Waals surface area contributed by atoms with E-state index in [2.05, 4.69) is 13.8 Å². The molecule has 2 aliphatic rings. The number of halogens is 2. The molecule has 1 aliphatic heterocycles. The van der Waals surface area contributed by atoms with Crippen molar-refractivity contribution in [3.05, 3.63) is 11.5 Å². The molecule has 0 aromatic heterocycles. The summed E-state index contributed by atoms with van der Waals surface area (Å²) < 4.78 is 38.4. The van der Waals surface area contributed by atoms with Gasteiger partial charge in [-0.25, -0.2) is 8.78 Å². The van der Waals surface area contributed by atoms with Crippen molar-refractivity contribution in [2.24, 2.45) is 5.92 Å². The zero-order chi connectivity index (χ0) is 14.5. The van der Waals surface area contributed by atoms with E-state index in [0.29, 0.717) is 6.42 Å². The van der Waals surface area contributed by atoms with E-state index in [-0.39, 0.29) is 18.8 Å². The van der Waals surface area contributed by atoms with Gasteiger partial charge in [0.2, 0.25) is 0 Å². The molecular weight excluding hydrogens is 249 g/mol. The Balaban J connectivity index is 2.16. The van der Waals surface area contributed by atoms with Crippen LogP contribution in [0.3, 0.4) is 0 Å². The fourth-order valence-corrected chi connectivity index (χ4v) is 2.78. The van der Waals surface area contributed by atoms with Crippen molar-refractivity contribution in [1.82, 2.24) is 0 Å². The van der Waals surface area contributed by atoms with Crippen molar-refractivity contribution < 1.29 is 18.1 Å². The molecule has 108 valence electrons. The van der Waals surface area contributed by atoms with Crippen molar-refractivity contribution in [3.63, 3.8) is 0 Å². The lowest BCUT2D eigenvalue weighted by atomic mass is 9.72. The number of allylic oxidation sites excluding steroid dienone is 2. The highest BCUT2D eigenvalue weighted by atomic mass is 19.3. The van der Waals surface area contributed by atoms with Gasteiger partial charge in [0.15, 0.2) is 0 Å². The van der Waals surface area contributed by atoms with Crippen molar-refractivity contribution in [2.45, 2.75) is 71.0 Å². The topological polar surface area (TPSA) is 18.5 Å². The van der Waals surface area contributed by atoms with Gasteiger partial charge in [-0.3, -0.25) is 0 Å². The summed E-state index contributed by atoms with van der Waals surface area (Å²) in [5.74, 6) is -2.28. The lowest BCUT2D eigenvalue weighted by Crippen LogP contribution is -2.48. The molecule has 2 nitrogen and oxygen atoms in total. The lowest BCUT2D eigenvalue weighted by Gasteiger charge is -2.39. The number of rotatable bonds is 2. The minimum Gasteiger partial charge on any atom is -0.400 e. The second-order valence-corrected chi connectivity index (χ2v) is 6.68. The van der Waals surface area contributed by atoms with Gasteiger partial charge >= 0.3 is 7.12 Å². The van der Waals surface area contributed by atoms with Crippen LogP contribution in [-0.4, -0.2) is 24.2 Å². The fraction of sp³-hybridized carbons (Fsp3) is 0.857. The summed E-state index contributed by atoms with van der Waals surface area (Å²) in [5, 5.41) is 0. The molecule has 0 aromatic rings. The Morgan fingerprint density at radius 2 is 1.84 bits per heavy atom. The molecule has 5 heteroatoms. The van der Waals surface area contributed by atoms with Crippen molar-refractivity contribution in [1.29, 1.82) is 0 Å². The van der Waals surface area contributed by atoms with Crippen LogP contribution in [0.1, 0.15) is 53.9 Å². The Morgan fingerprint density at radius 1 is 1.21 bits per heavy atom. The van der Waals surface area contributed by atoms with Crippen LogP contribution >= 0.6 is 0 Å². The quantitative estimate of drug-likeness (QED) is 0.707. The van der Waals surface area contributed by atoms with Crippen LogP contribution in [0, 0.1) is 5.92 Å². The lowest BCUT2D eigenvalue weighted by molar-refractivity contribution is -0.0435. The van der Waals surface area contributed by atoms with E-state index in [1.54, 1.807) is 6.08 Å². The molecule has 1 aliphatic carbocycles. The third-order valence-electron chi connectivity index (χ3n) is 4.80. The molecule has 19 heavy (non-hydrogen) atoms. The fourth-order valence-electron chi connectivity index (χ4n) is 2.78. The Kier molecular flexibility index (Phi) is 3.59. The highest BCUT2D eigenvalue weighted by Gasteiger charge is 2.56. The normalized spacial score (nSPS) is 33.7. The summed E-state index contributed by atoms with van der Waals surface area (Å²) in [7, 11) is -0.474. The van der Waals surface area contributed by atoms with Crippen molar-refractivity contribution in [3.8, 4) is 0 Å². The third-order valence-corrected chi connectivity index (χ3v) is 4.80. The monoisotopic (exact) mass is 272 g/mol. The number of hydrogen-bond acceptors (Lipinski definition) is 2. The van der Waals surface area contributed by atoms with Crippen LogP contribution in [0.25, 0.3) is 0 Å². The van der Waals surface area contributed by atoms with E-state index in [1.807, 2.05) is 20.8 Å². The molecule has 1 saturated heterocycles. The molecule has 0 N–H and O–H groups in total. The summed E-state index contributed by atoms with van der Waals surface area (Å²) in [4.78, 5) is 0. The van der Waals surface area contributed by atoms with Gasteiger partial charge in [0.05, 0.1) is 11.2 Å². The van der Waals surface area contributed by atoms with Crippen LogP contribution in [0.4, 0.5) is 8.78 Å². The van der Waals surface area contributed by atoms with E-state index in [9.17, 15) is 8.78 Å². The summed E-state index contributed by atoms with van der Waals surface area (Å²) in [5.41, 5.74) is 0.0360. The van der Waals surface area contributed by atoms with Gasteiger partial charge in [-0.1, -0.05) is 19.9 Å². The zero-order valence-corrected chi connectivity index (χ0v) is 12.4. The standard InChI is InChI=1S/C14H23BF2O2/c1-10(2)13(5)12(3,4)18-15(19-13)11-6-8-14(16,17)9-7-11/h6,10H,7-9H2,1-5H3. The van der Waals surface area contributed by atoms with Gasteiger partial charge in [0, 0.05) is 12.8 Å². The summed E-state index contributed by atoms with van der Waals surface area (Å²) in [6.07, 6.45) is 1.63. The first-order chi connectivity index (χ1) is 8.57. The maximum absolute atomic E-state index is 13.2. The molecule has 0 bridgehead atoms. The maximum Gasteiger partial charge on any atom is 0.490 e. The first-order valence-corrected chi connectivity index (χ1v) is 7.00. The van der Waals surface area contributed by atoms with E-state index < -0.39 is 24.2 Å². The molecule has 0 saturated carbocycles. The minimum absolute atomic E-state index is 0.110. The van der Waals surface area contributed by atoms with Crippen molar-refractivity contribution in [2.75, 3.05) is 0 Å². The molecule has 1 atom stereocenters. The molecular formula is C14H23BF2O2. The maximum atomic E-state index is 13.2. The average molecular weight is 272 g/mol. The van der Waals surface area contributed by atoms with Gasteiger partial charge < -0.3 is 9.31 Å². The Bertz CT molecular complexity index is 393. The molecule has 0 spiro atoms. The zero-order valence-electron chi connectivity index (χ0n) is 12.4. The number of hydrogen-bond donors (Lipinski definition) is 0. The molecule has 1 unspecified atom stereocenters. The van der Waals surface area contributed by atoms with E-state index >= 15 is 0 Å². The first-order valence-electron chi connectivity index (χ1n) is 7.00. The van der Waals surface area contributed by atoms with Gasteiger partial charge in [0.25, 0.3) is 5.92 Å². The molecule has 2 rings (SSSR count). The molecule has 0 amide bonds. The van der Waals surface area contributed by atoms with E-state index in [4.69, 9.17) is 9.31 Å². The minimum atomic E-state index is -2.57. The summed E-state index contributed by atoms with van der Waals surface area (Å²) in [6, 6.07) is 0. The predicted molar refractivity (Wildman–Crippen MR) is 72.1 cm³/mol. The van der Waals surface area contributed by atoms with E-state index in [1.165, 1.54) is 0 Å². The van der Waals surface area contributed by atoms with Crippen LogP contribution in [0.15, 0.2) is 11.5 Å². The van der Waals surface area contributed by atoms with Crippen molar-refractivity contribution >= 4 is 7.12 Å². The van der Waals surface area contributed by atoms with Crippen LogP contribution in [-0.2, 0) is 9.31 Å². The second-order valence-electron chi connectivity index (χ2n) is 6.68. The van der Waals surface area contributed by atoms with Gasteiger partial charge in [-0.15, -0.1) is 0 Å². The Morgan fingerprint density at radius 3 is 2.26 bits per heavy atom.